The molecule has 0 bridgehead atoms. The summed E-state index contributed by atoms with van der Waals surface area (Å²) in [5.74, 6) is 2.04. The minimum atomic E-state index is -0.413. The van der Waals surface area contributed by atoms with Crippen LogP contribution in [0.15, 0.2) is 12.4 Å². The number of piperazine rings is 1. The zero-order chi connectivity index (χ0) is 18.2. The van der Waals surface area contributed by atoms with Gasteiger partial charge in [-0.3, -0.25) is 0 Å². The van der Waals surface area contributed by atoms with E-state index in [1.165, 1.54) is 12.4 Å². The van der Waals surface area contributed by atoms with E-state index in [0.29, 0.717) is 5.95 Å². The Morgan fingerprint density at radius 3 is 2.04 bits per heavy atom. The van der Waals surface area contributed by atoms with E-state index in [2.05, 4.69) is 52.4 Å². The molecule has 0 aromatic carbocycles. The third-order valence-corrected chi connectivity index (χ3v) is 4.50. The number of hydrogen-bond donors (Lipinski definition) is 0. The van der Waals surface area contributed by atoms with Crippen LogP contribution >= 0.6 is 0 Å². The molecule has 0 amide bonds. The van der Waals surface area contributed by atoms with Crippen molar-refractivity contribution in [2.45, 2.75) is 40.0 Å². The number of aryl methyl sites for hydroxylation is 1. The van der Waals surface area contributed by atoms with Crippen LogP contribution in [0.5, 0.6) is 0 Å². The summed E-state index contributed by atoms with van der Waals surface area (Å²) in [5.41, 5.74) is 2.07. The van der Waals surface area contributed by atoms with Crippen molar-refractivity contribution >= 4 is 11.8 Å². The van der Waals surface area contributed by atoms with Crippen LogP contribution in [0.25, 0.3) is 0 Å². The van der Waals surface area contributed by atoms with Crippen LogP contribution in [0.1, 0.15) is 37.9 Å². The molecule has 1 aliphatic rings. The van der Waals surface area contributed by atoms with Crippen molar-refractivity contribution in [1.29, 1.82) is 0 Å². The summed E-state index contributed by atoms with van der Waals surface area (Å²) in [6, 6.07) is 0. The summed E-state index contributed by atoms with van der Waals surface area (Å²) in [6.45, 7) is 13.7. The molecule has 0 radical (unpaired) electrons. The average Bonchev–Trinajstić information content (AvgIpc) is 2.57. The van der Waals surface area contributed by atoms with E-state index in [1.54, 1.807) is 0 Å². The van der Waals surface area contributed by atoms with Gasteiger partial charge >= 0.3 is 0 Å². The second kappa shape index (κ2) is 6.54. The summed E-state index contributed by atoms with van der Waals surface area (Å²) < 4.78 is 13.0. The number of aromatic nitrogens is 4. The molecular weight excluding hydrogens is 319 g/mol. The summed E-state index contributed by atoms with van der Waals surface area (Å²) >= 11 is 0. The van der Waals surface area contributed by atoms with E-state index in [0.717, 1.165) is 49.1 Å². The molecular formula is C18H25FN6. The average molecular weight is 344 g/mol. The van der Waals surface area contributed by atoms with Crippen LogP contribution in [0.4, 0.5) is 16.2 Å². The third kappa shape index (κ3) is 3.70. The number of halogens is 1. The smallest absolute Gasteiger partial charge is 0.225 e. The van der Waals surface area contributed by atoms with Gasteiger partial charge in [-0.1, -0.05) is 20.8 Å². The van der Waals surface area contributed by atoms with E-state index in [4.69, 9.17) is 4.98 Å². The maximum absolute atomic E-state index is 13.0. The van der Waals surface area contributed by atoms with Crippen LogP contribution in [-0.4, -0.2) is 46.1 Å². The molecule has 6 nitrogen and oxygen atoms in total. The molecule has 0 spiro atoms. The van der Waals surface area contributed by atoms with Gasteiger partial charge in [0.05, 0.1) is 12.4 Å². The third-order valence-electron chi connectivity index (χ3n) is 4.50. The van der Waals surface area contributed by atoms with Gasteiger partial charge in [0, 0.05) is 42.9 Å². The number of hydrogen-bond acceptors (Lipinski definition) is 6. The highest BCUT2D eigenvalue weighted by atomic mass is 19.1. The molecule has 0 aliphatic carbocycles. The fourth-order valence-electron chi connectivity index (χ4n) is 2.84. The van der Waals surface area contributed by atoms with Gasteiger partial charge in [-0.2, -0.15) is 0 Å². The molecule has 1 aliphatic heterocycles. The van der Waals surface area contributed by atoms with Crippen LogP contribution in [0.3, 0.4) is 0 Å². The Hall–Kier alpha value is -2.31. The van der Waals surface area contributed by atoms with Crippen molar-refractivity contribution in [3.63, 3.8) is 0 Å². The lowest BCUT2D eigenvalue weighted by Gasteiger charge is -2.36. The molecule has 1 saturated heterocycles. The highest BCUT2D eigenvalue weighted by Gasteiger charge is 2.25. The van der Waals surface area contributed by atoms with E-state index in [-0.39, 0.29) is 5.41 Å². The van der Waals surface area contributed by atoms with Crippen LogP contribution in [0, 0.1) is 19.7 Å². The van der Waals surface area contributed by atoms with Crippen LogP contribution in [-0.2, 0) is 5.41 Å². The maximum Gasteiger partial charge on any atom is 0.225 e. The van der Waals surface area contributed by atoms with Crippen molar-refractivity contribution in [2.24, 2.45) is 0 Å². The molecule has 0 N–H and O–H groups in total. The fraction of sp³-hybridized carbons (Fsp3) is 0.556. The van der Waals surface area contributed by atoms with Gasteiger partial charge in [0.15, 0.2) is 5.82 Å². The SMILES string of the molecule is Cc1nc(C(C)(C)C)nc(N2CCN(c3ncc(F)cn3)CC2)c1C. The monoisotopic (exact) mass is 344 g/mol. The van der Waals surface area contributed by atoms with Crippen molar-refractivity contribution in [3.05, 3.63) is 35.3 Å². The Labute approximate surface area is 148 Å². The molecule has 134 valence electrons. The van der Waals surface area contributed by atoms with Gasteiger partial charge in [-0.05, 0) is 13.8 Å². The molecule has 25 heavy (non-hydrogen) atoms. The Balaban J connectivity index is 1.78. The highest BCUT2D eigenvalue weighted by Crippen LogP contribution is 2.26. The Bertz CT molecular complexity index is 745. The Morgan fingerprint density at radius 1 is 0.920 bits per heavy atom. The second-order valence-electron chi connectivity index (χ2n) is 7.51. The lowest BCUT2D eigenvalue weighted by molar-refractivity contribution is 0.538. The van der Waals surface area contributed by atoms with Crippen molar-refractivity contribution in [1.82, 2.24) is 19.9 Å². The summed E-state index contributed by atoms with van der Waals surface area (Å²) in [6.07, 6.45) is 2.42. The van der Waals surface area contributed by atoms with E-state index in [9.17, 15) is 4.39 Å². The predicted molar refractivity (Wildman–Crippen MR) is 96.6 cm³/mol. The predicted octanol–water partition coefficient (Wildman–Crippen LogP) is 2.65. The lowest BCUT2D eigenvalue weighted by atomic mass is 9.95. The molecule has 3 rings (SSSR count). The van der Waals surface area contributed by atoms with Crippen LogP contribution < -0.4 is 9.80 Å². The minimum Gasteiger partial charge on any atom is -0.353 e. The Morgan fingerprint density at radius 2 is 1.48 bits per heavy atom. The topological polar surface area (TPSA) is 58.0 Å². The van der Waals surface area contributed by atoms with E-state index >= 15 is 0 Å². The van der Waals surface area contributed by atoms with Crippen molar-refractivity contribution in [3.8, 4) is 0 Å². The van der Waals surface area contributed by atoms with Gasteiger partial charge in [0.2, 0.25) is 5.95 Å². The van der Waals surface area contributed by atoms with Gasteiger partial charge in [0.25, 0.3) is 0 Å². The van der Waals surface area contributed by atoms with Gasteiger partial charge in [-0.25, -0.2) is 24.3 Å². The zero-order valence-electron chi connectivity index (χ0n) is 15.5. The first-order chi connectivity index (χ1) is 11.8. The quantitative estimate of drug-likeness (QED) is 0.835. The maximum atomic E-state index is 13.0. The first-order valence-electron chi connectivity index (χ1n) is 8.59. The summed E-state index contributed by atoms with van der Waals surface area (Å²) in [7, 11) is 0. The Kier molecular flexibility index (Phi) is 4.58. The molecule has 2 aromatic rings. The summed E-state index contributed by atoms with van der Waals surface area (Å²) in [4.78, 5) is 22.0. The molecule has 1 fully saturated rings. The van der Waals surface area contributed by atoms with E-state index < -0.39 is 5.82 Å². The minimum absolute atomic E-state index is 0.0863. The van der Waals surface area contributed by atoms with Gasteiger partial charge in [0.1, 0.15) is 11.6 Å². The molecule has 0 atom stereocenters. The summed E-state index contributed by atoms with van der Waals surface area (Å²) in [5, 5.41) is 0. The standard InChI is InChI=1S/C18H25FN6/c1-12-13(2)22-16(18(3,4)5)23-15(12)24-6-8-25(9-7-24)17-20-10-14(19)11-21-17/h10-11H,6-9H2,1-5H3. The van der Waals surface area contributed by atoms with E-state index in [1.807, 2.05) is 6.92 Å². The first kappa shape index (κ1) is 17.5. The van der Waals surface area contributed by atoms with Gasteiger partial charge in [-0.15, -0.1) is 0 Å². The zero-order valence-corrected chi connectivity index (χ0v) is 15.5. The molecule has 3 heterocycles. The fourth-order valence-corrected chi connectivity index (χ4v) is 2.84. The van der Waals surface area contributed by atoms with Crippen LogP contribution in [0.2, 0.25) is 0 Å². The molecule has 0 saturated carbocycles. The molecule has 0 unspecified atom stereocenters. The number of rotatable bonds is 2. The second-order valence-corrected chi connectivity index (χ2v) is 7.51. The number of nitrogens with zero attached hydrogens (tertiary/aromatic N) is 6. The molecule has 2 aromatic heterocycles. The lowest BCUT2D eigenvalue weighted by Crippen LogP contribution is -2.47. The molecule has 7 heteroatoms. The largest absolute Gasteiger partial charge is 0.353 e. The normalized spacial score (nSPS) is 15.6. The number of anilines is 2. The van der Waals surface area contributed by atoms with Crippen molar-refractivity contribution in [2.75, 3.05) is 36.0 Å². The van der Waals surface area contributed by atoms with Crippen molar-refractivity contribution < 1.29 is 4.39 Å². The highest BCUT2D eigenvalue weighted by molar-refractivity contribution is 5.50. The van der Waals surface area contributed by atoms with Gasteiger partial charge < -0.3 is 9.80 Å². The first-order valence-corrected chi connectivity index (χ1v) is 8.59.